The van der Waals surface area contributed by atoms with Gasteiger partial charge < -0.3 is 0 Å². The zero-order valence-electron chi connectivity index (χ0n) is 7.37. The van der Waals surface area contributed by atoms with Crippen LogP contribution in [-0.2, 0) is 0 Å². The van der Waals surface area contributed by atoms with Crippen molar-refractivity contribution in [2.75, 3.05) is 17.3 Å². The van der Waals surface area contributed by atoms with Gasteiger partial charge in [-0.1, -0.05) is 24.6 Å². The van der Waals surface area contributed by atoms with E-state index in [1.165, 1.54) is 30.8 Å². The molecule has 0 atom stereocenters. The van der Waals surface area contributed by atoms with Crippen molar-refractivity contribution in [2.24, 2.45) is 0 Å². The van der Waals surface area contributed by atoms with Crippen molar-refractivity contribution in [1.82, 2.24) is 0 Å². The maximum atomic E-state index is 2.14. The van der Waals surface area contributed by atoms with E-state index in [1.807, 2.05) is 17.8 Å². The molecule has 1 fully saturated rings. The lowest BCUT2D eigenvalue weighted by atomic mass is 10.3. The summed E-state index contributed by atoms with van der Waals surface area (Å²) in [6, 6.07) is 0. The summed E-state index contributed by atoms with van der Waals surface area (Å²) in [6.45, 7) is 0. The van der Waals surface area contributed by atoms with E-state index >= 15 is 0 Å². The van der Waals surface area contributed by atoms with E-state index in [4.69, 9.17) is 0 Å². The summed E-state index contributed by atoms with van der Waals surface area (Å²) < 4.78 is 0. The molecule has 2 heterocycles. The van der Waals surface area contributed by atoms with Gasteiger partial charge in [0.25, 0.3) is 0 Å². The van der Waals surface area contributed by atoms with Crippen LogP contribution in [0.3, 0.4) is 0 Å². The van der Waals surface area contributed by atoms with Crippen LogP contribution in [0.25, 0.3) is 0 Å². The van der Waals surface area contributed by atoms with Crippen LogP contribution in [0.2, 0.25) is 0 Å². The van der Waals surface area contributed by atoms with Crippen LogP contribution in [0.4, 0.5) is 0 Å². The molecule has 0 saturated carbocycles. The highest BCUT2D eigenvalue weighted by Crippen LogP contribution is 2.14. The summed E-state index contributed by atoms with van der Waals surface area (Å²) in [7, 11) is 0. The predicted molar refractivity (Wildman–Crippen MR) is 61.9 cm³/mol. The fourth-order valence-corrected chi connectivity index (χ4v) is 2.59. The molecule has 0 bridgehead atoms. The third-order valence-electron chi connectivity index (χ3n) is 1.69. The molecule has 0 aromatic carbocycles. The molecular weight excluding hydrogens is 184 g/mol. The van der Waals surface area contributed by atoms with Gasteiger partial charge in [-0.15, -0.1) is 11.8 Å². The summed E-state index contributed by atoms with van der Waals surface area (Å²) in [5.74, 6) is 3.98. The van der Waals surface area contributed by atoms with Crippen molar-refractivity contribution in [3.63, 3.8) is 0 Å². The van der Waals surface area contributed by atoms with Crippen LogP contribution in [0, 0.1) is 0 Å². The molecule has 0 nitrogen and oxygen atoms in total. The Bertz CT molecular complexity index is 122. The zero-order valence-corrected chi connectivity index (χ0v) is 9.00. The van der Waals surface area contributed by atoms with Crippen LogP contribution >= 0.6 is 23.5 Å². The van der Waals surface area contributed by atoms with Crippen molar-refractivity contribution in [3.05, 3.63) is 23.6 Å². The summed E-state index contributed by atoms with van der Waals surface area (Å²) in [5.41, 5.74) is 0. The molecule has 0 aromatic rings. The molecule has 12 heavy (non-hydrogen) atoms. The van der Waals surface area contributed by atoms with E-state index in [-0.39, 0.29) is 0 Å². The highest BCUT2D eigenvalue weighted by molar-refractivity contribution is 8.02. The first-order valence-corrected chi connectivity index (χ1v) is 6.71. The lowest BCUT2D eigenvalue weighted by Gasteiger charge is -2.05. The standard InChI is InChI=1S/C5H10S.C5H6S/c2*1-2-4-6-5-3-1/h1-5H2;1-4H,5H2. The molecule has 0 aliphatic carbocycles. The second-order valence-electron chi connectivity index (χ2n) is 2.76. The maximum absolute atomic E-state index is 2.14. The Kier molecular flexibility index (Phi) is 6.68. The van der Waals surface area contributed by atoms with Crippen LogP contribution in [0.5, 0.6) is 0 Å². The summed E-state index contributed by atoms with van der Waals surface area (Å²) in [5, 5.41) is 2.10. The molecule has 0 radical (unpaired) electrons. The first-order valence-electron chi connectivity index (χ1n) is 4.51. The van der Waals surface area contributed by atoms with E-state index in [0.29, 0.717) is 0 Å². The SMILES string of the molecule is C1=CCSC=C1.C1CCSCC1. The molecule has 2 aliphatic heterocycles. The molecule has 1 saturated heterocycles. The minimum atomic E-state index is 1.15. The second-order valence-corrected chi connectivity index (χ2v) is 4.93. The van der Waals surface area contributed by atoms with Crippen molar-refractivity contribution in [3.8, 4) is 0 Å². The Hall–Kier alpha value is 0.180. The van der Waals surface area contributed by atoms with Crippen LogP contribution in [0.1, 0.15) is 19.3 Å². The van der Waals surface area contributed by atoms with Crippen molar-refractivity contribution < 1.29 is 0 Å². The van der Waals surface area contributed by atoms with Gasteiger partial charge in [0.1, 0.15) is 0 Å². The van der Waals surface area contributed by atoms with Gasteiger partial charge in [0.15, 0.2) is 0 Å². The molecule has 2 aliphatic rings. The van der Waals surface area contributed by atoms with Gasteiger partial charge in [0, 0.05) is 5.75 Å². The topological polar surface area (TPSA) is 0 Å². The van der Waals surface area contributed by atoms with Gasteiger partial charge in [-0.05, 0) is 29.8 Å². The van der Waals surface area contributed by atoms with Crippen molar-refractivity contribution >= 4 is 23.5 Å². The first kappa shape index (κ1) is 10.3. The van der Waals surface area contributed by atoms with E-state index in [2.05, 4.69) is 29.3 Å². The van der Waals surface area contributed by atoms with Gasteiger partial charge in [-0.2, -0.15) is 11.8 Å². The Morgan fingerprint density at radius 1 is 0.917 bits per heavy atom. The molecule has 0 N–H and O–H groups in total. The number of thioether (sulfide) groups is 2. The van der Waals surface area contributed by atoms with Gasteiger partial charge in [-0.3, -0.25) is 0 Å². The largest absolute Gasteiger partial charge is 0.162 e. The van der Waals surface area contributed by atoms with Gasteiger partial charge in [0.05, 0.1) is 0 Å². The average molecular weight is 200 g/mol. The highest BCUT2D eigenvalue weighted by atomic mass is 32.2. The third-order valence-corrected chi connectivity index (χ3v) is 3.58. The van der Waals surface area contributed by atoms with Crippen LogP contribution in [0.15, 0.2) is 23.6 Å². The Balaban J connectivity index is 0.000000120. The molecule has 68 valence electrons. The number of allylic oxidation sites excluding steroid dienone is 2. The fourth-order valence-electron chi connectivity index (χ4n) is 1.03. The summed E-state index contributed by atoms with van der Waals surface area (Å²) in [4.78, 5) is 0. The highest BCUT2D eigenvalue weighted by Gasteiger charge is 1.95. The fraction of sp³-hybridized carbons (Fsp3) is 0.600. The van der Waals surface area contributed by atoms with E-state index in [1.54, 1.807) is 0 Å². The monoisotopic (exact) mass is 200 g/mol. The second kappa shape index (κ2) is 7.81. The Morgan fingerprint density at radius 2 is 1.75 bits per heavy atom. The van der Waals surface area contributed by atoms with E-state index < -0.39 is 0 Å². The molecule has 0 amide bonds. The number of hydrogen-bond donors (Lipinski definition) is 0. The van der Waals surface area contributed by atoms with Crippen molar-refractivity contribution in [1.29, 1.82) is 0 Å². The van der Waals surface area contributed by atoms with Gasteiger partial charge >= 0.3 is 0 Å². The molecular formula is C10H16S2. The minimum Gasteiger partial charge on any atom is -0.162 e. The van der Waals surface area contributed by atoms with Gasteiger partial charge in [0.2, 0.25) is 0 Å². The zero-order chi connectivity index (χ0) is 8.49. The molecule has 2 rings (SSSR count). The summed E-state index contributed by atoms with van der Waals surface area (Å²) in [6.07, 6.45) is 10.7. The molecule has 0 unspecified atom stereocenters. The molecule has 2 heteroatoms. The quantitative estimate of drug-likeness (QED) is 0.584. The van der Waals surface area contributed by atoms with Crippen LogP contribution in [-0.4, -0.2) is 17.3 Å². The van der Waals surface area contributed by atoms with E-state index in [9.17, 15) is 0 Å². The smallest absolute Gasteiger partial charge is 0.0157 e. The Labute approximate surface area is 83.9 Å². The first-order chi connectivity index (χ1) is 6.00. The van der Waals surface area contributed by atoms with Crippen LogP contribution < -0.4 is 0 Å². The Morgan fingerprint density at radius 3 is 1.92 bits per heavy atom. The van der Waals surface area contributed by atoms with Crippen molar-refractivity contribution in [2.45, 2.75) is 19.3 Å². The lowest BCUT2D eigenvalue weighted by molar-refractivity contribution is 0.764. The molecule has 0 spiro atoms. The number of rotatable bonds is 0. The predicted octanol–water partition coefficient (Wildman–Crippen LogP) is 3.71. The minimum absolute atomic E-state index is 1.15. The average Bonchev–Trinajstić information content (AvgIpc) is 2.24. The van der Waals surface area contributed by atoms with E-state index in [0.717, 1.165) is 5.75 Å². The van der Waals surface area contributed by atoms with Gasteiger partial charge in [-0.25, -0.2) is 0 Å². The number of hydrogen-bond acceptors (Lipinski definition) is 2. The normalized spacial score (nSPS) is 21.3. The third kappa shape index (κ3) is 5.78. The maximum Gasteiger partial charge on any atom is 0.0157 e. The lowest BCUT2D eigenvalue weighted by Crippen LogP contribution is -1.91. The summed E-state index contributed by atoms with van der Waals surface area (Å²) >= 11 is 3.92. The molecule has 0 aromatic heterocycles.